The molecule has 2 heterocycles. The normalized spacial score (nSPS) is 21.8. The Balaban J connectivity index is 2.50. The van der Waals surface area contributed by atoms with Crippen LogP contribution in [0.5, 0.6) is 0 Å². The molecule has 0 aliphatic carbocycles. The third kappa shape index (κ3) is 2.93. The summed E-state index contributed by atoms with van der Waals surface area (Å²) in [6.45, 7) is 6.15. The van der Waals surface area contributed by atoms with Crippen molar-refractivity contribution in [2.75, 3.05) is 23.0 Å². The van der Waals surface area contributed by atoms with E-state index in [4.69, 9.17) is 18.0 Å². The molecule has 7 heteroatoms. The number of hydrogen-bond donors (Lipinski definition) is 1. The van der Waals surface area contributed by atoms with Gasteiger partial charge in [-0.3, -0.25) is 4.98 Å². The number of rotatable bonds is 2. The van der Waals surface area contributed by atoms with E-state index in [1.54, 1.807) is 0 Å². The molecule has 1 saturated heterocycles. The Morgan fingerprint density at radius 1 is 1.50 bits per heavy atom. The summed E-state index contributed by atoms with van der Waals surface area (Å²) in [5.74, 6) is 0.318. The third-order valence-electron chi connectivity index (χ3n) is 3.53. The van der Waals surface area contributed by atoms with Crippen LogP contribution < -0.4 is 10.6 Å². The minimum absolute atomic E-state index is 0.0944. The fourth-order valence-electron chi connectivity index (χ4n) is 2.70. The fraction of sp³-hybridized carbons (Fsp3) is 0.538. The first-order chi connectivity index (χ1) is 9.21. The summed E-state index contributed by atoms with van der Waals surface area (Å²) in [5, 5.41) is 0. The number of sulfone groups is 1. The summed E-state index contributed by atoms with van der Waals surface area (Å²) >= 11 is 5.13. The van der Waals surface area contributed by atoms with Gasteiger partial charge in [-0.05, 0) is 26.8 Å². The summed E-state index contributed by atoms with van der Waals surface area (Å²) in [7, 11) is -2.95. The van der Waals surface area contributed by atoms with E-state index < -0.39 is 9.84 Å². The van der Waals surface area contributed by atoms with Crippen LogP contribution in [0.3, 0.4) is 0 Å². The topological polar surface area (TPSA) is 76.3 Å². The van der Waals surface area contributed by atoms with Gasteiger partial charge in [-0.1, -0.05) is 12.2 Å². The zero-order valence-corrected chi connectivity index (χ0v) is 13.5. The van der Waals surface area contributed by atoms with Gasteiger partial charge in [0.05, 0.1) is 22.8 Å². The Morgan fingerprint density at radius 2 is 2.15 bits per heavy atom. The van der Waals surface area contributed by atoms with E-state index in [2.05, 4.69) is 9.88 Å². The maximum Gasteiger partial charge on any atom is 0.154 e. The van der Waals surface area contributed by atoms with E-state index in [1.807, 2.05) is 26.8 Å². The van der Waals surface area contributed by atoms with E-state index in [9.17, 15) is 8.42 Å². The van der Waals surface area contributed by atoms with Gasteiger partial charge in [-0.2, -0.15) is 0 Å². The number of anilines is 1. The van der Waals surface area contributed by atoms with Crippen LogP contribution in [-0.4, -0.2) is 42.5 Å². The van der Waals surface area contributed by atoms with Gasteiger partial charge in [0.2, 0.25) is 0 Å². The lowest BCUT2D eigenvalue weighted by Crippen LogP contribution is -2.47. The summed E-state index contributed by atoms with van der Waals surface area (Å²) in [6.07, 6.45) is 0. The Hall–Kier alpha value is -1.21. The number of aryl methyl sites for hydroxylation is 2. The van der Waals surface area contributed by atoms with Crippen molar-refractivity contribution in [2.45, 2.75) is 26.8 Å². The monoisotopic (exact) mass is 313 g/mol. The van der Waals surface area contributed by atoms with Crippen molar-refractivity contribution in [3.63, 3.8) is 0 Å². The molecule has 110 valence electrons. The number of hydrogen-bond acceptors (Lipinski definition) is 5. The first kappa shape index (κ1) is 15.2. The summed E-state index contributed by atoms with van der Waals surface area (Å²) in [6, 6.07) is 1.83. The van der Waals surface area contributed by atoms with Crippen molar-refractivity contribution in [3.05, 3.63) is 23.0 Å². The Kier molecular flexibility index (Phi) is 4.02. The molecule has 1 unspecified atom stereocenters. The first-order valence-electron chi connectivity index (χ1n) is 6.46. The predicted octanol–water partition coefficient (Wildman–Crippen LogP) is 0.956. The molecule has 20 heavy (non-hydrogen) atoms. The number of aromatic nitrogens is 1. The van der Waals surface area contributed by atoms with Crippen LogP contribution in [0.4, 0.5) is 5.69 Å². The minimum Gasteiger partial charge on any atom is -0.389 e. The van der Waals surface area contributed by atoms with Gasteiger partial charge in [0.25, 0.3) is 0 Å². The van der Waals surface area contributed by atoms with Crippen LogP contribution in [-0.2, 0) is 9.84 Å². The second-order valence-corrected chi connectivity index (χ2v) is 7.93. The molecule has 0 spiro atoms. The number of nitrogens with two attached hydrogens (primary N) is 1. The maximum absolute atomic E-state index is 11.7. The van der Waals surface area contributed by atoms with Crippen molar-refractivity contribution in [2.24, 2.45) is 5.73 Å². The second kappa shape index (κ2) is 5.29. The van der Waals surface area contributed by atoms with Crippen molar-refractivity contribution in [1.82, 2.24) is 4.98 Å². The van der Waals surface area contributed by atoms with E-state index in [1.165, 1.54) is 0 Å². The highest BCUT2D eigenvalue weighted by molar-refractivity contribution is 7.91. The van der Waals surface area contributed by atoms with Crippen LogP contribution >= 0.6 is 12.2 Å². The first-order valence-corrected chi connectivity index (χ1v) is 8.69. The highest BCUT2D eigenvalue weighted by Gasteiger charge is 2.30. The smallest absolute Gasteiger partial charge is 0.154 e. The molecule has 1 fully saturated rings. The van der Waals surface area contributed by atoms with Crippen molar-refractivity contribution in [1.29, 1.82) is 0 Å². The molecule has 0 aromatic carbocycles. The molecule has 1 aromatic heterocycles. The molecule has 0 bridgehead atoms. The van der Waals surface area contributed by atoms with E-state index in [0.29, 0.717) is 11.5 Å². The molecule has 2 rings (SSSR count). The largest absolute Gasteiger partial charge is 0.389 e. The van der Waals surface area contributed by atoms with Gasteiger partial charge < -0.3 is 10.6 Å². The summed E-state index contributed by atoms with van der Waals surface area (Å²) in [5.41, 5.74) is 9.12. The van der Waals surface area contributed by atoms with Crippen molar-refractivity contribution < 1.29 is 8.42 Å². The predicted molar refractivity (Wildman–Crippen MR) is 85.1 cm³/mol. The van der Waals surface area contributed by atoms with Crippen LogP contribution in [0.1, 0.15) is 23.9 Å². The molecule has 2 N–H and O–H groups in total. The van der Waals surface area contributed by atoms with Crippen molar-refractivity contribution in [3.8, 4) is 0 Å². The highest BCUT2D eigenvalue weighted by Crippen LogP contribution is 2.28. The molecular formula is C13H19N3O2S2. The zero-order chi connectivity index (χ0) is 15.1. The van der Waals surface area contributed by atoms with Crippen LogP contribution in [0.15, 0.2) is 6.07 Å². The quantitative estimate of drug-likeness (QED) is 0.820. The number of nitrogens with zero attached hydrogens (tertiary/aromatic N) is 2. The van der Waals surface area contributed by atoms with Gasteiger partial charge in [0, 0.05) is 24.0 Å². The highest BCUT2D eigenvalue weighted by atomic mass is 32.2. The maximum atomic E-state index is 11.7. The third-order valence-corrected chi connectivity index (χ3v) is 5.53. The Bertz CT molecular complexity index is 656. The molecule has 0 saturated carbocycles. The van der Waals surface area contributed by atoms with Gasteiger partial charge in [-0.25, -0.2) is 8.42 Å². The lowest BCUT2D eigenvalue weighted by molar-refractivity contribution is 0.568. The molecule has 1 atom stereocenters. The second-order valence-electron chi connectivity index (χ2n) is 5.26. The van der Waals surface area contributed by atoms with Crippen LogP contribution in [0.2, 0.25) is 0 Å². The van der Waals surface area contributed by atoms with Gasteiger partial charge in [-0.15, -0.1) is 0 Å². The van der Waals surface area contributed by atoms with Crippen LogP contribution in [0, 0.1) is 13.8 Å². The van der Waals surface area contributed by atoms with E-state index in [0.717, 1.165) is 22.6 Å². The molecule has 5 nitrogen and oxygen atoms in total. The molecule has 0 amide bonds. The fourth-order valence-corrected chi connectivity index (χ4v) is 4.50. The Morgan fingerprint density at radius 3 is 2.70 bits per heavy atom. The average molecular weight is 313 g/mol. The van der Waals surface area contributed by atoms with Gasteiger partial charge in [0.1, 0.15) is 4.99 Å². The van der Waals surface area contributed by atoms with Gasteiger partial charge >= 0.3 is 0 Å². The van der Waals surface area contributed by atoms with E-state index in [-0.39, 0.29) is 17.5 Å². The zero-order valence-electron chi connectivity index (χ0n) is 11.9. The Labute approximate surface area is 125 Å². The van der Waals surface area contributed by atoms with E-state index >= 15 is 0 Å². The molecule has 1 aliphatic heterocycles. The molecule has 1 aromatic rings. The molecule has 0 radical (unpaired) electrons. The standard InChI is InChI=1S/C13H19N3O2S2/c1-8-6-11(12(13(14)19)10(3)15-8)16-4-5-20(17,18)7-9(16)2/h6,9H,4-5,7H2,1-3H3,(H2,14,19). The SMILES string of the molecule is Cc1cc(N2CCS(=O)(=O)CC2C)c(C(N)=S)c(C)n1. The lowest BCUT2D eigenvalue weighted by Gasteiger charge is -2.36. The lowest BCUT2D eigenvalue weighted by atomic mass is 10.1. The summed E-state index contributed by atoms with van der Waals surface area (Å²) in [4.78, 5) is 6.76. The average Bonchev–Trinajstić information content (AvgIpc) is 2.25. The minimum atomic E-state index is -2.95. The van der Waals surface area contributed by atoms with Crippen LogP contribution in [0.25, 0.3) is 0 Å². The summed E-state index contributed by atoms with van der Waals surface area (Å²) < 4.78 is 23.4. The van der Waals surface area contributed by atoms with Crippen molar-refractivity contribution >= 4 is 32.7 Å². The molecular weight excluding hydrogens is 294 g/mol. The number of thiocarbonyl (C=S) groups is 1. The van der Waals surface area contributed by atoms with Gasteiger partial charge in [0.15, 0.2) is 9.84 Å². The molecule has 1 aliphatic rings. The number of pyridine rings is 1.